The number of halogens is 3. The van der Waals surface area contributed by atoms with Gasteiger partial charge in [-0.3, -0.25) is 9.59 Å². The molecular weight excluding hydrogens is 325 g/mol. The second-order valence-electron chi connectivity index (χ2n) is 5.60. The average Bonchev–Trinajstić information content (AvgIpc) is 2.97. The van der Waals surface area contributed by atoms with E-state index in [0.29, 0.717) is 25.9 Å². The molecule has 0 spiro atoms. The van der Waals surface area contributed by atoms with Crippen LogP contribution in [0.5, 0.6) is 5.75 Å². The number of nitrogens with one attached hydrogen (secondary N) is 1. The van der Waals surface area contributed by atoms with Gasteiger partial charge < -0.3 is 15.0 Å². The van der Waals surface area contributed by atoms with Gasteiger partial charge in [0, 0.05) is 20.0 Å². The van der Waals surface area contributed by atoms with E-state index < -0.39 is 12.4 Å². The molecule has 1 heterocycles. The van der Waals surface area contributed by atoms with Crippen LogP contribution in [0.1, 0.15) is 25.3 Å². The molecule has 0 radical (unpaired) electrons. The Balaban J connectivity index is 1.79. The smallest absolute Gasteiger partial charge is 0.406 e. The predicted octanol–water partition coefficient (Wildman–Crippen LogP) is 2.25. The summed E-state index contributed by atoms with van der Waals surface area (Å²) in [4.78, 5) is 25.1. The van der Waals surface area contributed by atoms with E-state index in [-0.39, 0.29) is 17.6 Å². The highest BCUT2D eigenvalue weighted by Gasteiger charge is 2.32. The van der Waals surface area contributed by atoms with Gasteiger partial charge in [-0.15, -0.1) is 13.2 Å². The molecule has 0 saturated carbocycles. The number of carbonyl (C=O) groups excluding carboxylic acids is 2. The van der Waals surface area contributed by atoms with E-state index >= 15 is 0 Å². The Bertz CT molecular complexity index is 587. The zero-order chi connectivity index (χ0) is 17.7. The quantitative estimate of drug-likeness (QED) is 0.891. The van der Waals surface area contributed by atoms with Crippen molar-refractivity contribution in [1.29, 1.82) is 0 Å². The molecule has 1 aromatic rings. The summed E-state index contributed by atoms with van der Waals surface area (Å²) >= 11 is 0. The van der Waals surface area contributed by atoms with Gasteiger partial charge in [0.15, 0.2) is 0 Å². The standard InChI is InChI=1S/C16H19F3N2O3/c1-11(22)21-10-2-3-14(21)15(23)20-9-8-12-4-6-13(7-5-12)24-16(17,18)19/h4-7,14H,2-3,8-10H2,1H3,(H,20,23). The van der Waals surface area contributed by atoms with E-state index in [4.69, 9.17) is 0 Å². The number of amides is 2. The molecule has 1 aliphatic rings. The molecule has 0 aromatic heterocycles. The largest absolute Gasteiger partial charge is 0.573 e. The zero-order valence-corrected chi connectivity index (χ0v) is 13.2. The van der Waals surface area contributed by atoms with Gasteiger partial charge in [-0.2, -0.15) is 0 Å². The maximum atomic E-state index is 12.1. The molecule has 1 aliphatic heterocycles. The van der Waals surface area contributed by atoms with Crippen LogP contribution < -0.4 is 10.1 Å². The van der Waals surface area contributed by atoms with Crippen molar-refractivity contribution >= 4 is 11.8 Å². The van der Waals surface area contributed by atoms with E-state index in [0.717, 1.165) is 12.0 Å². The molecule has 0 bridgehead atoms. The van der Waals surface area contributed by atoms with Gasteiger partial charge in [-0.25, -0.2) is 0 Å². The van der Waals surface area contributed by atoms with E-state index in [9.17, 15) is 22.8 Å². The Labute approximate surface area is 137 Å². The Morgan fingerprint density at radius 1 is 1.29 bits per heavy atom. The summed E-state index contributed by atoms with van der Waals surface area (Å²) < 4.78 is 40.0. The van der Waals surface area contributed by atoms with Crippen molar-refractivity contribution in [3.8, 4) is 5.75 Å². The van der Waals surface area contributed by atoms with Crippen molar-refractivity contribution in [2.24, 2.45) is 0 Å². The summed E-state index contributed by atoms with van der Waals surface area (Å²) in [5.41, 5.74) is 0.777. The summed E-state index contributed by atoms with van der Waals surface area (Å²) in [5.74, 6) is -0.592. The molecule has 132 valence electrons. The van der Waals surface area contributed by atoms with Gasteiger partial charge in [0.25, 0.3) is 0 Å². The first-order valence-corrected chi connectivity index (χ1v) is 7.66. The van der Waals surface area contributed by atoms with Crippen LogP contribution >= 0.6 is 0 Å². The predicted molar refractivity (Wildman–Crippen MR) is 80.2 cm³/mol. The van der Waals surface area contributed by atoms with Gasteiger partial charge in [-0.1, -0.05) is 12.1 Å². The fraction of sp³-hybridized carbons (Fsp3) is 0.500. The first-order valence-electron chi connectivity index (χ1n) is 7.66. The third-order valence-electron chi connectivity index (χ3n) is 3.83. The lowest BCUT2D eigenvalue weighted by molar-refractivity contribution is -0.274. The van der Waals surface area contributed by atoms with Crippen molar-refractivity contribution in [2.75, 3.05) is 13.1 Å². The Kier molecular flexibility index (Phi) is 5.69. The number of hydrogen-bond donors (Lipinski definition) is 1. The summed E-state index contributed by atoms with van der Waals surface area (Å²) in [7, 11) is 0. The second-order valence-corrected chi connectivity index (χ2v) is 5.60. The van der Waals surface area contributed by atoms with Crippen molar-refractivity contribution in [3.05, 3.63) is 29.8 Å². The van der Waals surface area contributed by atoms with Gasteiger partial charge in [0.1, 0.15) is 11.8 Å². The number of alkyl halides is 3. The molecule has 2 rings (SSSR count). The maximum Gasteiger partial charge on any atom is 0.573 e. The SMILES string of the molecule is CC(=O)N1CCCC1C(=O)NCCc1ccc(OC(F)(F)F)cc1. The summed E-state index contributed by atoms with van der Waals surface area (Å²) in [6, 6.07) is 5.08. The number of carbonyl (C=O) groups is 2. The van der Waals surface area contributed by atoms with Gasteiger partial charge in [0.05, 0.1) is 0 Å². The molecule has 24 heavy (non-hydrogen) atoms. The topological polar surface area (TPSA) is 58.6 Å². The van der Waals surface area contributed by atoms with Crippen LogP contribution in [0.4, 0.5) is 13.2 Å². The maximum absolute atomic E-state index is 12.1. The Hall–Kier alpha value is -2.25. The number of hydrogen-bond acceptors (Lipinski definition) is 3. The third-order valence-corrected chi connectivity index (χ3v) is 3.83. The number of likely N-dealkylation sites (tertiary alicyclic amines) is 1. The molecular formula is C16H19F3N2O3. The summed E-state index contributed by atoms with van der Waals surface area (Å²) in [6.07, 6.45) is -2.78. The normalized spacial score (nSPS) is 17.7. The Morgan fingerprint density at radius 3 is 2.54 bits per heavy atom. The summed E-state index contributed by atoms with van der Waals surface area (Å²) in [5, 5.41) is 2.77. The van der Waals surface area contributed by atoms with Crippen molar-refractivity contribution in [1.82, 2.24) is 10.2 Å². The molecule has 1 saturated heterocycles. The van der Waals surface area contributed by atoms with Crippen LogP contribution in [0, 0.1) is 0 Å². The molecule has 5 nitrogen and oxygen atoms in total. The van der Waals surface area contributed by atoms with Crippen LogP contribution in [0.25, 0.3) is 0 Å². The lowest BCUT2D eigenvalue weighted by Crippen LogP contribution is -2.45. The lowest BCUT2D eigenvalue weighted by Gasteiger charge is -2.22. The molecule has 2 amide bonds. The highest BCUT2D eigenvalue weighted by atomic mass is 19.4. The second kappa shape index (κ2) is 7.55. The molecule has 1 N–H and O–H groups in total. The molecule has 8 heteroatoms. The average molecular weight is 344 g/mol. The van der Waals surface area contributed by atoms with Gasteiger partial charge in [0.2, 0.25) is 11.8 Å². The van der Waals surface area contributed by atoms with Gasteiger partial charge >= 0.3 is 6.36 Å². The van der Waals surface area contributed by atoms with Crippen LogP contribution in [0.3, 0.4) is 0 Å². The highest BCUT2D eigenvalue weighted by molar-refractivity contribution is 5.87. The van der Waals surface area contributed by atoms with Crippen LogP contribution in [-0.4, -0.2) is 42.2 Å². The van der Waals surface area contributed by atoms with E-state index in [1.165, 1.54) is 31.2 Å². The highest BCUT2D eigenvalue weighted by Crippen LogP contribution is 2.22. The zero-order valence-electron chi connectivity index (χ0n) is 13.2. The minimum atomic E-state index is -4.71. The number of rotatable bonds is 5. The summed E-state index contributed by atoms with van der Waals surface area (Å²) in [6.45, 7) is 2.38. The van der Waals surface area contributed by atoms with E-state index in [2.05, 4.69) is 10.1 Å². The first-order chi connectivity index (χ1) is 11.3. The third kappa shape index (κ3) is 5.14. The molecule has 1 unspecified atom stereocenters. The monoisotopic (exact) mass is 344 g/mol. The number of benzene rings is 1. The molecule has 1 atom stereocenters. The van der Waals surface area contributed by atoms with Crippen molar-refractivity contribution in [2.45, 2.75) is 38.6 Å². The fourth-order valence-corrected chi connectivity index (χ4v) is 2.72. The van der Waals surface area contributed by atoms with E-state index in [1.807, 2.05) is 0 Å². The molecule has 0 aliphatic carbocycles. The Morgan fingerprint density at radius 2 is 1.96 bits per heavy atom. The van der Waals surface area contributed by atoms with Crippen molar-refractivity contribution in [3.63, 3.8) is 0 Å². The number of nitrogens with zero attached hydrogens (tertiary/aromatic N) is 1. The molecule has 1 fully saturated rings. The number of ether oxygens (including phenoxy) is 1. The van der Waals surface area contributed by atoms with Crippen LogP contribution in [0.2, 0.25) is 0 Å². The van der Waals surface area contributed by atoms with Crippen molar-refractivity contribution < 1.29 is 27.5 Å². The van der Waals surface area contributed by atoms with Gasteiger partial charge in [-0.05, 0) is 37.0 Å². The lowest BCUT2D eigenvalue weighted by atomic mass is 10.1. The fourth-order valence-electron chi connectivity index (χ4n) is 2.72. The minimum absolute atomic E-state index is 0.118. The van der Waals surface area contributed by atoms with Crippen LogP contribution in [0.15, 0.2) is 24.3 Å². The first kappa shape index (κ1) is 18.1. The molecule has 1 aromatic carbocycles. The van der Waals surface area contributed by atoms with Crippen LogP contribution in [-0.2, 0) is 16.0 Å². The van der Waals surface area contributed by atoms with E-state index in [1.54, 1.807) is 4.90 Å². The minimum Gasteiger partial charge on any atom is -0.406 e.